The largest absolute Gasteiger partial charge is 0.396 e. The summed E-state index contributed by atoms with van der Waals surface area (Å²) in [6, 6.07) is 0. The van der Waals surface area contributed by atoms with E-state index in [0.29, 0.717) is 26.2 Å². The fourth-order valence-electron chi connectivity index (χ4n) is 2.08. The molecule has 2 N–H and O–H groups in total. The number of aliphatic hydroxyl groups excluding tert-OH is 1. The second-order valence-corrected chi connectivity index (χ2v) is 6.72. The minimum Gasteiger partial charge on any atom is -0.396 e. The SMILES string of the molecule is COCC(C)CNS(=O)(=O)N1CCCC(CO)C1. The summed E-state index contributed by atoms with van der Waals surface area (Å²) in [7, 11) is -1.82. The van der Waals surface area contributed by atoms with Crippen LogP contribution in [0.2, 0.25) is 0 Å². The highest BCUT2D eigenvalue weighted by molar-refractivity contribution is 7.87. The molecule has 0 saturated carbocycles. The van der Waals surface area contributed by atoms with E-state index in [-0.39, 0.29) is 18.4 Å². The molecule has 1 aliphatic heterocycles. The summed E-state index contributed by atoms with van der Waals surface area (Å²) in [5, 5.41) is 9.10. The average Bonchev–Trinajstić information content (AvgIpc) is 2.37. The minimum absolute atomic E-state index is 0.0477. The van der Waals surface area contributed by atoms with Crippen LogP contribution in [0.3, 0.4) is 0 Å². The zero-order valence-corrected chi connectivity index (χ0v) is 11.9. The Morgan fingerprint density at radius 2 is 2.28 bits per heavy atom. The Morgan fingerprint density at radius 1 is 1.56 bits per heavy atom. The van der Waals surface area contributed by atoms with Gasteiger partial charge in [0.25, 0.3) is 10.2 Å². The van der Waals surface area contributed by atoms with E-state index >= 15 is 0 Å². The topological polar surface area (TPSA) is 78.9 Å². The van der Waals surface area contributed by atoms with Gasteiger partial charge in [0.15, 0.2) is 0 Å². The standard InChI is InChI=1S/C11H24N2O4S/c1-10(9-17-2)6-12-18(15,16)13-5-3-4-11(7-13)8-14/h10-12,14H,3-9H2,1-2H3. The molecule has 0 aromatic carbocycles. The van der Waals surface area contributed by atoms with Crippen LogP contribution in [-0.4, -0.2) is 57.8 Å². The first-order valence-electron chi connectivity index (χ1n) is 6.34. The molecule has 1 heterocycles. The lowest BCUT2D eigenvalue weighted by molar-refractivity contribution is 0.158. The summed E-state index contributed by atoms with van der Waals surface area (Å²) in [5.41, 5.74) is 0. The zero-order valence-electron chi connectivity index (χ0n) is 11.1. The van der Waals surface area contributed by atoms with Crippen molar-refractivity contribution in [1.82, 2.24) is 9.03 Å². The molecule has 2 unspecified atom stereocenters. The van der Waals surface area contributed by atoms with Crippen LogP contribution < -0.4 is 4.72 Å². The maximum atomic E-state index is 12.0. The van der Waals surface area contributed by atoms with Crippen molar-refractivity contribution in [3.8, 4) is 0 Å². The normalized spacial score (nSPS) is 24.1. The third kappa shape index (κ3) is 4.81. The maximum Gasteiger partial charge on any atom is 0.279 e. The predicted molar refractivity (Wildman–Crippen MR) is 69.3 cm³/mol. The zero-order chi connectivity index (χ0) is 13.6. The van der Waals surface area contributed by atoms with Gasteiger partial charge in [0, 0.05) is 40.0 Å². The molecule has 0 spiro atoms. The highest BCUT2D eigenvalue weighted by atomic mass is 32.2. The Hall–Kier alpha value is -0.210. The number of hydrogen-bond acceptors (Lipinski definition) is 4. The molecule has 1 fully saturated rings. The monoisotopic (exact) mass is 280 g/mol. The van der Waals surface area contributed by atoms with E-state index in [9.17, 15) is 8.42 Å². The van der Waals surface area contributed by atoms with E-state index in [4.69, 9.17) is 9.84 Å². The molecular weight excluding hydrogens is 256 g/mol. The number of nitrogens with zero attached hydrogens (tertiary/aromatic N) is 1. The number of hydrogen-bond donors (Lipinski definition) is 2. The van der Waals surface area contributed by atoms with Gasteiger partial charge in [-0.25, -0.2) is 4.72 Å². The maximum absolute atomic E-state index is 12.0. The number of methoxy groups -OCH3 is 1. The Morgan fingerprint density at radius 3 is 2.89 bits per heavy atom. The van der Waals surface area contributed by atoms with Gasteiger partial charge >= 0.3 is 0 Å². The van der Waals surface area contributed by atoms with Gasteiger partial charge in [0.2, 0.25) is 0 Å². The van der Waals surface area contributed by atoms with Crippen molar-refractivity contribution in [3.63, 3.8) is 0 Å². The van der Waals surface area contributed by atoms with Crippen molar-refractivity contribution >= 4 is 10.2 Å². The van der Waals surface area contributed by atoms with Crippen molar-refractivity contribution in [3.05, 3.63) is 0 Å². The van der Waals surface area contributed by atoms with Gasteiger partial charge in [0.1, 0.15) is 0 Å². The molecule has 0 aromatic heterocycles. The van der Waals surface area contributed by atoms with E-state index in [1.165, 1.54) is 4.31 Å². The van der Waals surface area contributed by atoms with Crippen LogP contribution in [0.4, 0.5) is 0 Å². The second kappa shape index (κ2) is 7.40. The molecule has 2 atom stereocenters. The molecule has 108 valence electrons. The first-order valence-corrected chi connectivity index (χ1v) is 7.78. The predicted octanol–water partition coefficient (Wildman–Crippen LogP) is -0.192. The smallest absolute Gasteiger partial charge is 0.279 e. The van der Waals surface area contributed by atoms with Crippen molar-refractivity contribution in [2.45, 2.75) is 19.8 Å². The lowest BCUT2D eigenvalue weighted by Crippen LogP contribution is -2.47. The van der Waals surface area contributed by atoms with Crippen LogP contribution in [0.25, 0.3) is 0 Å². The fraction of sp³-hybridized carbons (Fsp3) is 1.00. The lowest BCUT2D eigenvalue weighted by atomic mass is 10.0. The van der Waals surface area contributed by atoms with Gasteiger partial charge in [-0.3, -0.25) is 0 Å². The first-order chi connectivity index (χ1) is 8.49. The number of ether oxygens (including phenoxy) is 1. The van der Waals surface area contributed by atoms with E-state index in [1.54, 1.807) is 7.11 Å². The first kappa shape index (κ1) is 15.8. The van der Waals surface area contributed by atoms with E-state index in [1.807, 2.05) is 6.92 Å². The van der Waals surface area contributed by atoms with Gasteiger partial charge in [-0.2, -0.15) is 12.7 Å². The van der Waals surface area contributed by atoms with Gasteiger partial charge in [0.05, 0.1) is 0 Å². The van der Waals surface area contributed by atoms with Crippen LogP contribution in [0.15, 0.2) is 0 Å². The molecular formula is C11H24N2O4S. The van der Waals surface area contributed by atoms with Crippen LogP contribution in [0, 0.1) is 11.8 Å². The molecule has 1 saturated heterocycles. The van der Waals surface area contributed by atoms with Gasteiger partial charge in [-0.1, -0.05) is 6.92 Å². The molecule has 1 rings (SSSR count). The Balaban J connectivity index is 2.47. The highest BCUT2D eigenvalue weighted by Gasteiger charge is 2.28. The summed E-state index contributed by atoms with van der Waals surface area (Å²) in [5.74, 6) is 0.204. The van der Waals surface area contributed by atoms with Crippen molar-refractivity contribution in [2.24, 2.45) is 11.8 Å². The molecule has 1 aliphatic rings. The molecule has 0 aromatic rings. The van der Waals surface area contributed by atoms with Gasteiger partial charge in [-0.15, -0.1) is 0 Å². The van der Waals surface area contributed by atoms with Gasteiger partial charge < -0.3 is 9.84 Å². The quantitative estimate of drug-likeness (QED) is 0.677. The molecule has 18 heavy (non-hydrogen) atoms. The fourth-order valence-corrected chi connectivity index (χ4v) is 3.53. The molecule has 0 bridgehead atoms. The minimum atomic E-state index is -3.42. The summed E-state index contributed by atoms with van der Waals surface area (Å²) in [4.78, 5) is 0. The van der Waals surface area contributed by atoms with E-state index < -0.39 is 10.2 Å². The van der Waals surface area contributed by atoms with Crippen LogP contribution in [0.1, 0.15) is 19.8 Å². The summed E-state index contributed by atoms with van der Waals surface area (Å²) in [6.45, 7) is 3.82. The van der Waals surface area contributed by atoms with Crippen molar-refractivity contribution < 1.29 is 18.3 Å². The Labute approximate surface area is 109 Å². The number of nitrogens with one attached hydrogen (secondary N) is 1. The molecule has 0 amide bonds. The molecule has 6 nitrogen and oxygen atoms in total. The number of piperidine rings is 1. The Kier molecular flexibility index (Phi) is 6.51. The van der Waals surface area contributed by atoms with Crippen LogP contribution in [0.5, 0.6) is 0 Å². The van der Waals surface area contributed by atoms with Crippen LogP contribution >= 0.6 is 0 Å². The van der Waals surface area contributed by atoms with Gasteiger partial charge in [-0.05, 0) is 24.7 Å². The summed E-state index contributed by atoms with van der Waals surface area (Å²) >= 11 is 0. The average molecular weight is 280 g/mol. The number of aliphatic hydroxyl groups is 1. The van der Waals surface area contributed by atoms with Crippen LogP contribution in [-0.2, 0) is 14.9 Å². The second-order valence-electron chi connectivity index (χ2n) is 4.96. The summed E-state index contributed by atoms with van der Waals surface area (Å²) in [6.07, 6.45) is 1.70. The van der Waals surface area contributed by atoms with E-state index in [2.05, 4.69) is 4.72 Å². The molecule has 0 radical (unpaired) electrons. The third-order valence-corrected chi connectivity index (χ3v) is 4.69. The third-order valence-electron chi connectivity index (χ3n) is 3.15. The number of rotatable bonds is 7. The van der Waals surface area contributed by atoms with E-state index in [0.717, 1.165) is 12.8 Å². The van der Waals surface area contributed by atoms with Crippen molar-refractivity contribution in [1.29, 1.82) is 0 Å². The molecule has 0 aliphatic carbocycles. The molecule has 7 heteroatoms. The van der Waals surface area contributed by atoms with Crippen molar-refractivity contribution in [2.75, 3.05) is 40.0 Å². The Bertz CT molecular complexity index is 334. The summed E-state index contributed by atoms with van der Waals surface area (Å²) < 4.78 is 33.1. The highest BCUT2D eigenvalue weighted by Crippen LogP contribution is 2.17. The lowest BCUT2D eigenvalue weighted by Gasteiger charge is -2.31.